The molecule has 1 amide bonds. The van der Waals surface area contributed by atoms with Crippen LogP contribution in [-0.2, 0) is 11.2 Å². The van der Waals surface area contributed by atoms with Gasteiger partial charge < -0.3 is 11.1 Å². The summed E-state index contributed by atoms with van der Waals surface area (Å²) in [5, 5.41) is 3.13. The molecule has 0 aliphatic heterocycles. The first kappa shape index (κ1) is 17.8. The molecule has 21 heavy (non-hydrogen) atoms. The highest BCUT2D eigenvalue weighted by Gasteiger charge is 2.31. The van der Waals surface area contributed by atoms with Crippen LogP contribution >= 0.6 is 12.4 Å². The van der Waals surface area contributed by atoms with Gasteiger partial charge in [-0.05, 0) is 42.7 Å². The summed E-state index contributed by atoms with van der Waals surface area (Å²) in [6.07, 6.45) is 7.55. The summed E-state index contributed by atoms with van der Waals surface area (Å²) in [4.78, 5) is 12.0. The molecule has 0 unspecified atom stereocenters. The van der Waals surface area contributed by atoms with Gasteiger partial charge in [0.1, 0.15) is 0 Å². The maximum atomic E-state index is 12.0. The molecule has 3 nitrogen and oxygen atoms in total. The molecule has 0 atom stereocenters. The molecular formula is C17H27ClN2O. The van der Waals surface area contributed by atoms with Gasteiger partial charge in [0.2, 0.25) is 5.91 Å². The number of nitrogen functional groups attached to an aromatic ring is 1. The second-order valence-electron chi connectivity index (χ2n) is 6.04. The first-order valence-electron chi connectivity index (χ1n) is 7.75. The van der Waals surface area contributed by atoms with Crippen LogP contribution in [0.25, 0.3) is 0 Å². The van der Waals surface area contributed by atoms with Crippen molar-refractivity contribution >= 4 is 24.0 Å². The molecular weight excluding hydrogens is 284 g/mol. The number of amides is 1. The summed E-state index contributed by atoms with van der Waals surface area (Å²) in [6.45, 7) is 3.08. The normalized spacial score (nSPS) is 16.2. The summed E-state index contributed by atoms with van der Waals surface area (Å²) < 4.78 is 0. The Balaban J connectivity index is 0.00000220. The van der Waals surface area contributed by atoms with Crippen molar-refractivity contribution in [2.24, 2.45) is 5.41 Å². The number of hydrogen-bond acceptors (Lipinski definition) is 2. The van der Waals surface area contributed by atoms with Gasteiger partial charge in [-0.3, -0.25) is 4.79 Å². The van der Waals surface area contributed by atoms with Gasteiger partial charge in [0, 0.05) is 18.7 Å². The average Bonchev–Trinajstić information content (AvgIpc) is 2.94. The first-order chi connectivity index (χ1) is 9.65. The van der Waals surface area contributed by atoms with Gasteiger partial charge >= 0.3 is 0 Å². The van der Waals surface area contributed by atoms with Crippen molar-refractivity contribution in [1.29, 1.82) is 0 Å². The van der Waals surface area contributed by atoms with Crippen LogP contribution in [-0.4, -0.2) is 12.5 Å². The highest BCUT2D eigenvalue weighted by atomic mass is 35.5. The molecule has 1 aliphatic rings. The highest BCUT2D eigenvalue weighted by molar-refractivity contribution is 5.85. The van der Waals surface area contributed by atoms with E-state index in [2.05, 4.69) is 12.2 Å². The van der Waals surface area contributed by atoms with Gasteiger partial charge in [0.05, 0.1) is 0 Å². The average molecular weight is 311 g/mol. The van der Waals surface area contributed by atoms with E-state index in [-0.39, 0.29) is 18.3 Å². The highest BCUT2D eigenvalue weighted by Crippen LogP contribution is 2.40. The van der Waals surface area contributed by atoms with E-state index in [9.17, 15) is 4.79 Å². The fraction of sp³-hybridized carbons (Fsp3) is 0.588. The minimum atomic E-state index is 0. The van der Waals surface area contributed by atoms with Gasteiger partial charge in [0.25, 0.3) is 0 Å². The monoisotopic (exact) mass is 310 g/mol. The fourth-order valence-electron chi connectivity index (χ4n) is 3.16. The number of aryl methyl sites for hydroxylation is 1. The Morgan fingerprint density at radius 2 is 1.95 bits per heavy atom. The van der Waals surface area contributed by atoms with Crippen LogP contribution in [0.4, 0.5) is 5.69 Å². The zero-order chi connectivity index (χ0) is 14.4. The van der Waals surface area contributed by atoms with E-state index in [1.165, 1.54) is 32.1 Å². The van der Waals surface area contributed by atoms with Crippen molar-refractivity contribution in [3.8, 4) is 0 Å². The molecule has 1 fully saturated rings. The van der Waals surface area contributed by atoms with Crippen molar-refractivity contribution in [3.63, 3.8) is 0 Å². The van der Waals surface area contributed by atoms with Gasteiger partial charge in [-0.2, -0.15) is 0 Å². The molecule has 3 N–H and O–H groups in total. The zero-order valence-electron chi connectivity index (χ0n) is 12.9. The molecule has 0 aromatic heterocycles. The van der Waals surface area contributed by atoms with Gasteiger partial charge in [-0.25, -0.2) is 0 Å². The number of carbonyl (C=O) groups is 1. The number of halogens is 1. The van der Waals surface area contributed by atoms with Crippen molar-refractivity contribution < 1.29 is 4.79 Å². The lowest BCUT2D eigenvalue weighted by Gasteiger charge is -2.27. The molecule has 1 aliphatic carbocycles. The van der Waals surface area contributed by atoms with E-state index in [0.717, 1.165) is 24.2 Å². The SMILES string of the molecule is CCC1(CNC(=O)CCc2ccccc2N)CCCC1.Cl. The summed E-state index contributed by atoms with van der Waals surface area (Å²) in [5.41, 5.74) is 8.10. The number of benzene rings is 1. The number of nitrogens with one attached hydrogen (secondary N) is 1. The van der Waals surface area contributed by atoms with Crippen molar-refractivity contribution in [1.82, 2.24) is 5.32 Å². The van der Waals surface area contributed by atoms with Crippen molar-refractivity contribution in [3.05, 3.63) is 29.8 Å². The minimum Gasteiger partial charge on any atom is -0.399 e. The number of carbonyl (C=O) groups excluding carboxylic acids is 1. The Bertz CT molecular complexity index is 456. The molecule has 2 rings (SSSR count). The van der Waals surface area contributed by atoms with Crippen LogP contribution in [0.15, 0.2) is 24.3 Å². The van der Waals surface area contributed by atoms with E-state index in [1.54, 1.807) is 0 Å². The predicted molar refractivity (Wildman–Crippen MR) is 90.6 cm³/mol. The smallest absolute Gasteiger partial charge is 0.220 e. The maximum Gasteiger partial charge on any atom is 0.220 e. The van der Waals surface area contributed by atoms with Crippen molar-refractivity contribution in [2.75, 3.05) is 12.3 Å². The van der Waals surface area contributed by atoms with E-state index in [0.29, 0.717) is 11.8 Å². The second-order valence-corrected chi connectivity index (χ2v) is 6.04. The number of nitrogens with two attached hydrogens (primary N) is 1. The Morgan fingerprint density at radius 3 is 2.57 bits per heavy atom. The Kier molecular flexibility index (Phi) is 7.03. The molecule has 1 aromatic carbocycles. The topological polar surface area (TPSA) is 55.1 Å². The number of para-hydroxylation sites is 1. The zero-order valence-corrected chi connectivity index (χ0v) is 13.7. The third-order valence-electron chi connectivity index (χ3n) is 4.75. The van der Waals surface area contributed by atoms with E-state index in [1.807, 2.05) is 24.3 Å². The number of anilines is 1. The van der Waals surface area contributed by atoms with Crippen molar-refractivity contribution in [2.45, 2.75) is 51.9 Å². The maximum absolute atomic E-state index is 12.0. The fourth-order valence-corrected chi connectivity index (χ4v) is 3.16. The van der Waals surface area contributed by atoms with E-state index in [4.69, 9.17) is 5.73 Å². The summed E-state index contributed by atoms with van der Waals surface area (Å²) >= 11 is 0. The van der Waals surface area contributed by atoms with Gasteiger partial charge in [0.15, 0.2) is 0 Å². The van der Waals surface area contributed by atoms with Gasteiger partial charge in [-0.15, -0.1) is 12.4 Å². The second kappa shape index (κ2) is 8.28. The molecule has 1 aromatic rings. The quantitative estimate of drug-likeness (QED) is 0.787. The molecule has 0 spiro atoms. The molecule has 4 heteroatoms. The molecule has 0 heterocycles. The standard InChI is InChI=1S/C17H26N2O.ClH/c1-2-17(11-5-6-12-17)13-19-16(20)10-9-14-7-3-4-8-15(14)18;/h3-4,7-8H,2,5-6,9-13,18H2,1H3,(H,19,20);1H. The van der Waals surface area contributed by atoms with Gasteiger partial charge in [-0.1, -0.05) is 38.0 Å². The minimum absolute atomic E-state index is 0. The van der Waals surface area contributed by atoms with Crippen LogP contribution in [0, 0.1) is 5.41 Å². The largest absolute Gasteiger partial charge is 0.399 e. The lowest BCUT2D eigenvalue weighted by Crippen LogP contribution is -2.35. The Hall–Kier alpha value is -1.22. The molecule has 0 bridgehead atoms. The predicted octanol–water partition coefficient (Wildman–Crippen LogP) is 3.71. The molecule has 0 saturated heterocycles. The third kappa shape index (κ3) is 4.92. The Labute approximate surface area is 134 Å². The lowest BCUT2D eigenvalue weighted by molar-refractivity contribution is -0.121. The number of hydrogen-bond donors (Lipinski definition) is 2. The molecule has 118 valence electrons. The van der Waals surface area contributed by atoms with Crippen LogP contribution in [0.5, 0.6) is 0 Å². The first-order valence-corrected chi connectivity index (χ1v) is 7.75. The lowest BCUT2D eigenvalue weighted by atomic mass is 9.83. The summed E-state index contributed by atoms with van der Waals surface area (Å²) in [6, 6.07) is 7.77. The Morgan fingerprint density at radius 1 is 1.29 bits per heavy atom. The van der Waals surface area contributed by atoms with Crippen LogP contribution in [0.3, 0.4) is 0 Å². The van der Waals surface area contributed by atoms with Crippen LogP contribution < -0.4 is 11.1 Å². The van der Waals surface area contributed by atoms with E-state index < -0.39 is 0 Å². The molecule has 1 saturated carbocycles. The third-order valence-corrected chi connectivity index (χ3v) is 4.75. The van der Waals surface area contributed by atoms with E-state index >= 15 is 0 Å². The van der Waals surface area contributed by atoms with Crippen LogP contribution in [0.2, 0.25) is 0 Å². The molecule has 0 radical (unpaired) electrons. The summed E-state index contributed by atoms with van der Waals surface area (Å²) in [7, 11) is 0. The summed E-state index contributed by atoms with van der Waals surface area (Å²) in [5.74, 6) is 0.146. The van der Waals surface area contributed by atoms with Crippen LogP contribution in [0.1, 0.15) is 51.0 Å². The number of rotatable bonds is 6.